The van der Waals surface area contributed by atoms with Crippen molar-refractivity contribution in [1.82, 2.24) is 30.4 Å². The summed E-state index contributed by atoms with van der Waals surface area (Å²) in [6.45, 7) is 9.37. The highest BCUT2D eigenvalue weighted by Crippen LogP contribution is 2.36. The van der Waals surface area contributed by atoms with Crippen LogP contribution < -0.4 is 10.6 Å². The summed E-state index contributed by atoms with van der Waals surface area (Å²) in [5.74, 6) is 0.0363. The van der Waals surface area contributed by atoms with Crippen molar-refractivity contribution in [3.05, 3.63) is 72.3 Å². The molecule has 1 unspecified atom stereocenters. The molecule has 0 spiro atoms. The van der Waals surface area contributed by atoms with Crippen LogP contribution in [0.2, 0.25) is 0 Å². The van der Waals surface area contributed by atoms with Gasteiger partial charge in [0.15, 0.2) is 0 Å². The van der Waals surface area contributed by atoms with Crippen LogP contribution in [0.25, 0.3) is 28.0 Å². The lowest BCUT2D eigenvalue weighted by Crippen LogP contribution is -2.45. The van der Waals surface area contributed by atoms with E-state index in [2.05, 4.69) is 64.1 Å². The van der Waals surface area contributed by atoms with Crippen molar-refractivity contribution in [2.45, 2.75) is 84.7 Å². The van der Waals surface area contributed by atoms with Crippen molar-refractivity contribution in [3.8, 4) is 22.4 Å². The highest BCUT2D eigenvalue weighted by atomic mass is 16.2. The topological polar surface area (TPSA) is 140 Å². The minimum atomic E-state index is -0.368. The molecule has 3 aliphatic rings. The molecule has 2 saturated heterocycles. The number of carbonyl (C=O) groups excluding carboxylic acids is 4. The summed E-state index contributed by atoms with van der Waals surface area (Å²) in [7, 11) is 3.22. The average Bonchev–Trinajstić information content (AvgIpc) is 4.02. The Kier molecular flexibility index (Phi) is 12.1. The molecule has 0 saturated carbocycles. The zero-order valence-corrected chi connectivity index (χ0v) is 32.5. The van der Waals surface area contributed by atoms with Crippen molar-refractivity contribution in [2.24, 2.45) is 28.7 Å². The van der Waals surface area contributed by atoms with Gasteiger partial charge in [-0.2, -0.15) is 0 Å². The van der Waals surface area contributed by atoms with Gasteiger partial charge in [-0.3, -0.25) is 24.2 Å². The van der Waals surface area contributed by atoms with E-state index in [-0.39, 0.29) is 72.2 Å². The number of imidazole rings is 1. The molecular formula is C43H55N7O4. The summed E-state index contributed by atoms with van der Waals surface area (Å²) in [5.41, 5.74) is 7.39. The lowest BCUT2D eigenvalue weighted by Gasteiger charge is -2.30. The Balaban J connectivity index is 1.07. The second-order valence-electron chi connectivity index (χ2n) is 15.6. The van der Waals surface area contributed by atoms with E-state index in [4.69, 9.17) is 9.98 Å². The maximum absolute atomic E-state index is 13.6. The smallest absolute Gasteiger partial charge is 0.227 e. The summed E-state index contributed by atoms with van der Waals surface area (Å²) in [6, 6.07) is 16.8. The number of hydrogen-bond donors (Lipinski definition) is 3. The van der Waals surface area contributed by atoms with E-state index < -0.39 is 0 Å². The molecule has 0 radical (unpaired) electrons. The van der Waals surface area contributed by atoms with E-state index in [1.807, 2.05) is 49.9 Å². The van der Waals surface area contributed by atoms with Gasteiger partial charge in [0.25, 0.3) is 0 Å². The van der Waals surface area contributed by atoms with E-state index >= 15 is 0 Å². The number of nitrogens with one attached hydrogen (secondary N) is 3. The molecule has 1 aromatic heterocycles. The predicted octanol–water partition coefficient (Wildman–Crippen LogP) is 6.40. The van der Waals surface area contributed by atoms with Crippen LogP contribution in [-0.2, 0) is 19.2 Å². The first-order chi connectivity index (χ1) is 26.0. The average molecular weight is 734 g/mol. The molecule has 3 N–H and O–H groups in total. The number of benzene rings is 2. The summed E-state index contributed by atoms with van der Waals surface area (Å²) >= 11 is 0. The van der Waals surface area contributed by atoms with Gasteiger partial charge in [0.05, 0.1) is 24.0 Å². The lowest BCUT2D eigenvalue weighted by molar-refractivity contribution is -0.141. The zero-order valence-electron chi connectivity index (χ0n) is 32.5. The van der Waals surface area contributed by atoms with E-state index in [0.29, 0.717) is 19.5 Å². The van der Waals surface area contributed by atoms with Crippen LogP contribution in [0.3, 0.4) is 0 Å². The minimum absolute atomic E-state index is 0.0179. The third-order valence-corrected chi connectivity index (χ3v) is 11.5. The number of nitrogens with zero attached hydrogens (tertiary/aromatic N) is 4. The van der Waals surface area contributed by atoms with Crippen LogP contribution in [0.1, 0.15) is 90.1 Å². The van der Waals surface area contributed by atoms with Crippen molar-refractivity contribution in [3.63, 3.8) is 0 Å². The normalized spacial score (nSPS) is 19.6. The Morgan fingerprint density at radius 2 is 1.20 bits per heavy atom. The molecule has 6 rings (SSSR count). The molecule has 286 valence electrons. The summed E-state index contributed by atoms with van der Waals surface area (Å²) in [6.07, 6.45) is 8.44. The van der Waals surface area contributed by atoms with Crippen LogP contribution in [-0.4, -0.2) is 82.3 Å². The number of aromatic nitrogens is 2. The van der Waals surface area contributed by atoms with Crippen molar-refractivity contribution in [2.75, 3.05) is 27.2 Å². The molecule has 4 heterocycles. The number of amides is 4. The maximum Gasteiger partial charge on any atom is 0.227 e. The van der Waals surface area contributed by atoms with Crippen LogP contribution in [0.15, 0.2) is 65.9 Å². The van der Waals surface area contributed by atoms with Crippen molar-refractivity contribution in [1.29, 1.82) is 0 Å². The Bertz CT molecular complexity index is 1890. The summed E-state index contributed by atoms with van der Waals surface area (Å²) < 4.78 is 0. The molecule has 11 nitrogen and oxygen atoms in total. The molecular weight excluding hydrogens is 679 g/mol. The van der Waals surface area contributed by atoms with Gasteiger partial charge >= 0.3 is 0 Å². The summed E-state index contributed by atoms with van der Waals surface area (Å²) in [5, 5.41) is 5.33. The predicted molar refractivity (Wildman–Crippen MR) is 212 cm³/mol. The molecule has 3 aliphatic heterocycles. The number of rotatable bonds is 13. The SMILES string of the molecule is CNC(=O)C[C@H](C(=O)N1CCCC1C1=NC=C(c2ccc(-c3ccc(-c4cnc([C@@H]5CCCN5C(=O)[C@@H](CC(=O)NC)C(C)C)[nH]4)cc3)cc2)C1)C(C)C. The summed E-state index contributed by atoms with van der Waals surface area (Å²) in [4.78, 5) is 68.5. The lowest BCUT2D eigenvalue weighted by atomic mass is 9.90. The first-order valence-electron chi connectivity index (χ1n) is 19.5. The van der Waals surface area contributed by atoms with E-state index in [0.717, 1.165) is 70.7 Å². The molecule has 4 amide bonds. The van der Waals surface area contributed by atoms with Gasteiger partial charge in [-0.05, 0) is 65.3 Å². The number of allylic oxidation sites excluding steroid dienone is 1. The highest BCUT2D eigenvalue weighted by molar-refractivity contribution is 6.03. The first-order valence-corrected chi connectivity index (χ1v) is 19.5. The molecule has 3 aromatic rings. The van der Waals surface area contributed by atoms with Gasteiger partial charge in [0.1, 0.15) is 5.82 Å². The van der Waals surface area contributed by atoms with Crippen molar-refractivity contribution >= 4 is 34.9 Å². The Hall–Kier alpha value is -5.06. The minimum Gasteiger partial charge on any atom is -0.359 e. The van der Waals surface area contributed by atoms with E-state index in [9.17, 15) is 19.2 Å². The van der Waals surface area contributed by atoms with Crippen LogP contribution in [0.4, 0.5) is 0 Å². The maximum atomic E-state index is 13.6. The zero-order chi connectivity index (χ0) is 38.5. The van der Waals surface area contributed by atoms with Gasteiger partial charge in [0.2, 0.25) is 23.6 Å². The molecule has 0 bridgehead atoms. The molecule has 11 heteroatoms. The fourth-order valence-corrected chi connectivity index (χ4v) is 8.14. The third-order valence-electron chi connectivity index (χ3n) is 11.5. The molecule has 0 aliphatic carbocycles. The number of likely N-dealkylation sites (tertiary alicyclic amines) is 2. The fourth-order valence-electron chi connectivity index (χ4n) is 8.14. The number of carbonyl (C=O) groups is 4. The van der Waals surface area contributed by atoms with Crippen LogP contribution in [0, 0.1) is 23.7 Å². The second-order valence-corrected chi connectivity index (χ2v) is 15.6. The van der Waals surface area contributed by atoms with Gasteiger partial charge < -0.3 is 25.4 Å². The quantitative estimate of drug-likeness (QED) is 0.187. The van der Waals surface area contributed by atoms with E-state index in [1.54, 1.807) is 14.1 Å². The van der Waals surface area contributed by atoms with Gasteiger partial charge in [-0.15, -0.1) is 0 Å². The highest BCUT2D eigenvalue weighted by Gasteiger charge is 2.39. The second kappa shape index (κ2) is 17.0. The van der Waals surface area contributed by atoms with Gasteiger partial charge in [-0.25, -0.2) is 4.98 Å². The standard InChI is InChI=1S/C43H55N7O4/c1-26(2)33(22-39(51)44-5)42(53)49-19-7-9-37(49)35-21-32(24-46-35)30-13-11-28(12-14-30)29-15-17-31(18-16-29)36-25-47-41(48-36)38-10-8-20-50(38)43(54)34(27(3)4)23-40(52)45-6/h11-18,24-27,33-34,37-38H,7-10,19-23H2,1-6H3,(H,44,51)(H,45,52)(H,47,48)/t33-,34-,37?,38-/m0/s1. The van der Waals surface area contributed by atoms with E-state index in [1.165, 1.54) is 0 Å². The fraction of sp³-hybridized carbons (Fsp3) is 0.488. The van der Waals surface area contributed by atoms with Crippen LogP contribution >= 0.6 is 0 Å². The van der Waals surface area contributed by atoms with Crippen molar-refractivity contribution < 1.29 is 19.2 Å². The largest absolute Gasteiger partial charge is 0.359 e. The Morgan fingerprint density at radius 1 is 0.722 bits per heavy atom. The Morgan fingerprint density at radius 3 is 1.72 bits per heavy atom. The monoisotopic (exact) mass is 733 g/mol. The number of aliphatic imine (C=N–C) groups is 1. The molecule has 54 heavy (non-hydrogen) atoms. The molecule has 2 aromatic carbocycles. The first kappa shape index (κ1) is 38.7. The van der Waals surface area contributed by atoms with Crippen LogP contribution in [0.5, 0.6) is 0 Å². The van der Waals surface area contributed by atoms with Gasteiger partial charge in [0, 0.05) is 70.2 Å². The molecule has 2 fully saturated rings. The number of H-pyrrole nitrogens is 1. The number of hydrogen-bond acceptors (Lipinski definition) is 6. The number of aromatic amines is 1. The van der Waals surface area contributed by atoms with Gasteiger partial charge in [-0.1, -0.05) is 76.2 Å². The Labute approximate surface area is 319 Å². The molecule has 4 atom stereocenters. The third kappa shape index (κ3) is 8.35.